The van der Waals surface area contributed by atoms with E-state index >= 15 is 0 Å². The van der Waals surface area contributed by atoms with Gasteiger partial charge in [-0.05, 0) is 36.6 Å². The lowest BCUT2D eigenvalue weighted by atomic mass is 10.1. The Labute approximate surface area is 97.4 Å². The van der Waals surface area contributed by atoms with Crippen LogP contribution in [0.5, 0.6) is 0 Å². The van der Waals surface area contributed by atoms with E-state index in [1.807, 2.05) is 11.8 Å². The van der Waals surface area contributed by atoms with Gasteiger partial charge >= 0.3 is 0 Å². The van der Waals surface area contributed by atoms with E-state index in [1.54, 1.807) is 0 Å². The number of hydrogen-bond acceptors (Lipinski definition) is 2. The first kappa shape index (κ1) is 12.6. The van der Waals surface area contributed by atoms with Crippen LogP contribution < -0.4 is 5.73 Å². The zero-order chi connectivity index (χ0) is 11.1. The Morgan fingerprint density at radius 3 is 2.33 bits per heavy atom. The van der Waals surface area contributed by atoms with E-state index < -0.39 is 0 Å². The summed E-state index contributed by atoms with van der Waals surface area (Å²) < 4.78 is 0. The third-order valence-electron chi connectivity index (χ3n) is 2.42. The van der Waals surface area contributed by atoms with Gasteiger partial charge in [-0.1, -0.05) is 31.2 Å². The second-order valence-electron chi connectivity index (χ2n) is 3.99. The standard InChI is InChI=1S/C13H21NS/c1-3-12-4-6-13(7-5-12)10-15-9-8-11(2)14/h4-7,11H,3,8-10,14H2,1-2H3. The minimum atomic E-state index is 0.333. The molecule has 0 fully saturated rings. The number of rotatable bonds is 6. The fourth-order valence-corrected chi connectivity index (χ4v) is 2.44. The lowest BCUT2D eigenvalue weighted by molar-refractivity contribution is 0.721. The van der Waals surface area contributed by atoms with Gasteiger partial charge in [0.1, 0.15) is 0 Å². The van der Waals surface area contributed by atoms with Gasteiger partial charge in [-0.15, -0.1) is 0 Å². The Morgan fingerprint density at radius 2 is 1.80 bits per heavy atom. The molecule has 84 valence electrons. The van der Waals surface area contributed by atoms with Gasteiger partial charge < -0.3 is 5.73 Å². The van der Waals surface area contributed by atoms with Crippen molar-refractivity contribution >= 4 is 11.8 Å². The summed E-state index contributed by atoms with van der Waals surface area (Å²) in [5.41, 5.74) is 8.53. The van der Waals surface area contributed by atoms with Crippen molar-refractivity contribution in [3.05, 3.63) is 35.4 Å². The second-order valence-corrected chi connectivity index (χ2v) is 5.09. The van der Waals surface area contributed by atoms with Gasteiger partial charge in [-0.2, -0.15) is 11.8 Å². The van der Waals surface area contributed by atoms with Gasteiger partial charge in [0.25, 0.3) is 0 Å². The second kappa shape index (κ2) is 6.91. The van der Waals surface area contributed by atoms with Crippen LogP contribution in [0.1, 0.15) is 31.4 Å². The van der Waals surface area contributed by atoms with Crippen molar-refractivity contribution in [3.63, 3.8) is 0 Å². The molecule has 0 saturated carbocycles. The molecule has 1 rings (SSSR count). The largest absolute Gasteiger partial charge is 0.328 e. The zero-order valence-corrected chi connectivity index (χ0v) is 10.5. The lowest BCUT2D eigenvalue weighted by Crippen LogP contribution is -2.15. The van der Waals surface area contributed by atoms with Crippen LogP contribution in [0, 0.1) is 0 Å². The Morgan fingerprint density at radius 1 is 1.20 bits per heavy atom. The van der Waals surface area contributed by atoms with Crippen LogP contribution >= 0.6 is 11.8 Å². The highest BCUT2D eigenvalue weighted by molar-refractivity contribution is 7.98. The zero-order valence-electron chi connectivity index (χ0n) is 9.70. The fourth-order valence-electron chi connectivity index (χ4n) is 1.33. The van der Waals surface area contributed by atoms with E-state index in [0.717, 1.165) is 24.3 Å². The average Bonchev–Trinajstić information content (AvgIpc) is 2.25. The minimum Gasteiger partial charge on any atom is -0.328 e. The Bertz CT molecular complexity index is 266. The first-order valence-corrected chi connectivity index (χ1v) is 6.79. The number of aryl methyl sites for hydroxylation is 1. The molecule has 0 spiro atoms. The summed E-state index contributed by atoms with van der Waals surface area (Å²) in [7, 11) is 0. The number of benzene rings is 1. The van der Waals surface area contributed by atoms with Crippen molar-refractivity contribution in [1.29, 1.82) is 0 Å². The third kappa shape index (κ3) is 5.24. The molecule has 0 heterocycles. The van der Waals surface area contributed by atoms with Crippen molar-refractivity contribution in [3.8, 4) is 0 Å². The van der Waals surface area contributed by atoms with Crippen LogP contribution in [0.2, 0.25) is 0 Å². The summed E-state index contributed by atoms with van der Waals surface area (Å²) in [6.45, 7) is 4.25. The molecule has 1 aromatic rings. The summed E-state index contributed by atoms with van der Waals surface area (Å²) in [5.74, 6) is 2.27. The molecule has 0 amide bonds. The number of thioether (sulfide) groups is 1. The van der Waals surface area contributed by atoms with Crippen LogP contribution in [-0.4, -0.2) is 11.8 Å². The van der Waals surface area contributed by atoms with E-state index in [-0.39, 0.29) is 0 Å². The van der Waals surface area contributed by atoms with Crippen molar-refractivity contribution in [2.45, 2.75) is 38.5 Å². The molecule has 0 aromatic heterocycles. The molecule has 0 bridgehead atoms. The summed E-state index contributed by atoms with van der Waals surface area (Å²) in [6, 6.07) is 9.25. The molecule has 1 unspecified atom stereocenters. The highest BCUT2D eigenvalue weighted by Gasteiger charge is 1.96. The SMILES string of the molecule is CCc1ccc(CSCCC(C)N)cc1. The molecular formula is C13H21NS. The third-order valence-corrected chi connectivity index (χ3v) is 3.48. The normalized spacial score (nSPS) is 12.7. The molecule has 1 atom stereocenters. The van der Waals surface area contributed by atoms with Crippen molar-refractivity contribution in [2.24, 2.45) is 5.73 Å². The Balaban J connectivity index is 2.25. The van der Waals surface area contributed by atoms with Crippen LogP contribution in [0.3, 0.4) is 0 Å². The molecule has 15 heavy (non-hydrogen) atoms. The highest BCUT2D eigenvalue weighted by atomic mass is 32.2. The fraction of sp³-hybridized carbons (Fsp3) is 0.538. The molecule has 0 aliphatic rings. The molecule has 0 saturated heterocycles. The van der Waals surface area contributed by atoms with E-state index in [4.69, 9.17) is 5.73 Å². The lowest BCUT2D eigenvalue weighted by Gasteiger charge is -2.05. The molecule has 2 N–H and O–H groups in total. The summed E-state index contributed by atoms with van der Waals surface area (Å²) in [6.07, 6.45) is 2.23. The van der Waals surface area contributed by atoms with Gasteiger partial charge in [0.15, 0.2) is 0 Å². The Hall–Kier alpha value is -0.470. The van der Waals surface area contributed by atoms with E-state index in [2.05, 4.69) is 38.1 Å². The summed E-state index contributed by atoms with van der Waals surface area (Å²) >= 11 is 1.97. The molecule has 1 nitrogen and oxygen atoms in total. The van der Waals surface area contributed by atoms with Crippen LogP contribution in [0.4, 0.5) is 0 Å². The van der Waals surface area contributed by atoms with Gasteiger partial charge in [-0.25, -0.2) is 0 Å². The predicted octanol–water partition coefficient (Wildman–Crippen LogP) is 3.22. The highest BCUT2D eigenvalue weighted by Crippen LogP contribution is 2.14. The minimum absolute atomic E-state index is 0.333. The van der Waals surface area contributed by atoms with Crippen LogP contribution in [-0.2, 0) is 12.2 Å². The number of hydrogen-bond donors (Lipinski definition) is 1. The maximum absolute atomic E-state index is 5.70. The summed E-state index contributed by atoms with van der Waals surface area (Å²) in [5, 5.41) is 0. The van der Waals surface area contributed by atoms with E-state index in [1.165, 1.54) is 11.1 Å². The summed E-state index contributed by atoms with van der Waals surface area (Å²) in [4.78, 5) is 0. The predicted molar refractivity (Wildman–Crippen MR) is 70.2 cm³/mol. The van der Waals surface area contributed by atoms with Gasteiger partial charge in [0.2, 0.25) is 0 Å². The van der Waals surface area contributed by atoms with Crippen LogP contribution in [0.15, 0.2) is 24.3 Å². The van der Waals surface area contributed by atoms with Gasteiger partial charge in [0.05, 0.1) is 0 Å². The molecule has 0 aliphatic heterocycles. The quantitative estimate of drug-likeness (QED) is 0.749. The van der Waals surface area contributed by atoms with Gasteiger partial charge in [0, 0.05) is 11.8 Å². The monoisotopic (exact) mass is 223 g/mol. The van der Waals surface area contributed by atoms with Crippen molar-refractivity contribution in [2.75, 3.05) is 5.75 Å². The van der Waals surface area contributed by atoms with Gasteiger partial charge in [-0.3, -0.25) is 0 Å². The molecule has 0 radical (unpaired) electrons. The first-order chi connectivity index (χ1) is 7.22. The molecule has 0 aliphatic carbocycles. The smallest absolute Gasteiger partial charge is 0.0184 e. The van der Waals surface area contributed by atoms with Crippen molar-refractivity contribution in [1.82, 2.24) is 0 Å². The maximum atomic E-state index is 5.70. The number of nitrogens with two attached hydrogens (primary N) is 1. The maximum Gasteiger partial charge on any atom is 0.0184 e. The van der Waals surface area contributed by atoms with Crippen LogP contribution in [0.25, 0.3) is 0 Å². The topological polar surface area (TPSA) is 26.0 Å². The van der Waals surface area contributed by atoms with E-state index in [0.29, 0.717) is 6.04 Å². The van der Waals surface area contributed by atoms with Crippen molar-refractivity contribution < 1.29 is 0 Å². The Kier molecular flexibility index (Phi) is 5.81. The molecule has 1 aromatic carbocycles. The average molecular weight is 223 g/mol. The first-order valence-electron chi connectivity index (χ1n) is 5.63. The molecule has 2 heteroatoms. The molecular weight excluding hydrogens is 202 g/mol. The van der Waals surface area contributed by atoms with E-state index in [9.17, 15) is 0 Å².